The Labute approximate surface area is 198 Å². The standard InChI is InChI=1S/C20H21ClN5O7P/c1-12-15(33-20(28)32-12)9-31-34(30-8-13-3-2-4-14(21)7-13)11-29-6-5-26-10-23-16-17(26)24-19(22)25-18(16)27/h2-4,7,10H,5-6,8-9,11H2,1H3,(H3,22,24,25,27). The molecular formula is C20H21ClN5O7P. The number of imidazole rings is 1. The SMILES string of the molecule is Cc1oc(=O)oc1COP(COCCn1cnc2c(=O)[nH]c(N)nc21)OCc1cccc(Cl)c1. The summed E-state index contributed by atoms with van der Waals surface area (Å²) in [5.74, 6) is -0.169. The summed E-state index contributed by atoms with van der Waals surface area (Å²) < 4.78 is 29.0. The molecule has 0 aliphatic rings. The second-order valence-electron chi connectivity index (χ2n) is 7.04. The number of aryl methyl sites for hydroxylation is 1. The first kappa shape index (κ1) is 24.1. The minimum atomic E-state index is -1.52. The van der Waals surface area contributed by atoms with Gasteiger partial charge in [0.15, 0.2) is 25.3 Å². The molecule has 4 rings (SSSR count). The number of ether oxygens (including phenoxy) is 1. The molecule has 0 spiro atoms. The molecule has 1 atom stereocenters. The van der Waals surface area contributed by atoms with Crippen molar-refractivity contribution in [2.45, 2.75) is 26.7 Å². The highest BCUT2D eigenvalue weighted by Crippen LogP contribution is 2.40. The van der Waals surface area contributed by atoms with Crippen LogP contribution >= 0.6 is 20.0 Å². The van der Waals surface area contributed by atoms with Gasteiger partial charge in [0.2, 0.25) is 5.95 Å². The van der Waals surface area contributed by atoms with E-state index in [1.54, 1.807) is 23.6 Å². The minimum Gasteiger partial charge on any atom is -0.396 e. The smallest absolute Gasteiger partial charge is 0.396 e. The number of nitrogens with one attached hydrogen (secondary N) is 1. The molecule has 0 aliphatic carbocycles. The third-order valence-corrected chi connectivity index (χ3v) is 6.07. The maximum absolute atomic E-state index is 11.9. The van der Waals surface area contributed by atoms with E-state index < -0.39 is 19.8 Å². The summed E-state index contributed by atoms with van der Waals surface area (Å²) in [6.07, 6.45) is 1.63. The van der Waals surface area contributed by atoms with Crippen molar-refractivity contribution >= 4 is 37.1 Å². The van der Waals surface area contributed by atoms with E-state index in [1.807, 2.05) is 12.1 Å². The van der Waals surface area contributed by atoms with Crippen LogP contribution in [0.4, 0.5) is 5.95 Å². The van der Waals surface area contributed by atoms with E-state index in [9.17, 15) is 9.59 Å². The molecule has 0 saturated heterocycles. The number of nitrogens with two attached hydrogens (primary N) is 1. The molecule has 0 fully saturated rings. The van der Waals surface area contributed by atoms with Crippen molar-refractivity contribution in [3.63, 3.8) is 0 Å². The predicted octanol–water partition coefficient (Wildman–Crippen LogP) is 2.93. The number of fused-ring (bicyclic) bond motifs is 1. The third kappa shape index (κ3) is 6.10. The van der Waals surface area contributed by atoms with Crippen LogP contribution in [0.1, 0.15) is 17.1 Å². The number of aromatic nitrogens is 4. The van der Waals surface area contributed by atoms with E-state index in [2.05, 4.69) is 15.0 Å². The monoisotopic (exact) mass is 509 g/mol. The third-order valence-electron chi connectivity index (χ3n) is 4.61. The van der Waals surface area contributed by atoms with Crippen molar-refractivity contribution in [2.24, 2.45) is 0 Å². The Morgan fingerprint density at radius 2 is 2.06 bits per heavy atom. The lowest BCUT2D eigenvalue weighted by atomic mass is 10.2. The van der Waals surface area contributed by atoms with Gasteiger partial charge in [-0.3, -0.25) is 9.78 Å². The zero-order valence-corrected chi connectivity index (χ0v) is 19.7. The normalized spacial score (nSPS) is 12.4. The van der Waals surface area contributed by atoms with Crippen LogP contribution in [0.3, 0.4) is 0 Å². The number of rotatable bonds is 11. The van der Waals surface area contributed by atoms with Crippen LogP contribution in [-0.4, -0.2) is 32.5 Å². The van der Waals surface area contributed by atoms with Crippen LogP contribution in [-0.2, 0) is 33.5 Å². The zero-order valence-electron chi connectivity index (χ0n) is 18.0. The van der Waals surface area contributed by atoms with E-state index in [1.165, 1.54) is 6.33 Å². The van der Waals surface area contributed by atoms with E-state index in [0.717, 1.165) is 5.56 Å². The highest BCUT2D eigenvalue weighted by atomic mass is 35.5. The predicted molar refractivity (Wildman–Crippen MR) is 123 cm³/mol. The van der Waals surface area contributed by atoms with Crippen LogP contribution in [0.25, 0.3) is 11.2 Å². The summed E-state index contributed by atoms with van der Waals surface area (Å²) >= 11 is 6.03. The average molecular weight is 510 g/mol. The fourth-order valence-corrected chi connectivity index (χ4v) is 4.23. The van der Waals surface area contributed by atoms with E-state index in [-0.39, 0.29) is 43.4 Å². The number of H-pyrrole nitrogens is 1. The van der Waals surface area contributed by atoms with Gasteiger partial charge in [0.05, 0.1) is 19.5 Å². The van der Waals surface area contributed by atoms with Gasteiger partial charge in [-0.25, -0.2) is 9.78 Å². The summed E-state index contributed by atoms with van der Waals surface area (Å²) in [7, 11) is -1.52. The summed E-state index contributed by atoms with van der Waals surface area (Å²) in [6.45, 7) is 2.49. The molecule has 0 aliphatic heterocycles. The number of nitrogens with zero attached hydrogens (tertiary/aromatic N) is 3. The summed E-state index contributed by atoms with van der Waals surface area (Å²) in [5.41, 5.74) is 6.64. The van der Waals surface area contributed by atoms with Crippen molar-refractivity contribution in [3.05, 3.63) is 73.7 Å². The van der Waals surface area contributed by atoms with Crippen LogP contribution in [0, 0.1) is 6.92 Å². The quantitative estimate of drug-likeness (QED) is 0.227. The number of nitrogen functional groups attached to an aromatic ring is 1. The highest BCUT2D eigenvalue weighted by Gasteiger charge is 2.17. The van der Waals surface area contributed by atoms with Gasteiger partial charge in [-0.2, -0.15) is 4.98 Å². The van der Waals surface area contributed by atoms with Gasteiger partial charge in [0, 0.05) is 11.6 Å². The van der Waals surface area contributed by atoms with Crippen LogP contribution < -0.4 is 17.1 Å². The largest absolute Gasteiger partial charge is 0.519 e. The molecule has 1 unspecified atom stereocenters. The first-order valence-corrected chi connectivity index (χ1v) is 11.8. The van der Waals surface area contributed by atoms with Gasteiger partial charge in [-0.05, 0) is 24.6 Å². The number of benzene rings is 1. The number of halogens is 1. The number of anilines is 1. The van der Waals surface area contributed by atoms with Gasteiger partial charge in [0.1, 0.15) is 18.7 Å². The molecule has 3 aromatic heterocycles. The molecule has 34 heavy (non-hydrogen) atoms. The minimum absolute atomic E-state index is 0.00713. The molecular weight excluding hydrogens is 489 g/mol. The summed E-state index contributed by atoms with van der Waals surface area (Å²) in [5, 5.41) is 0.596. The Morgan fingerprint density at radius 3 is 2.82 bits per heavy atom. The van der Waals surface area contributed by atoms with Crippen LogP contribution in [0.2, 0.25) is 5.02 Å². The molecule has 0 saturated carbocycles. The molecule has 14 heteroatoms. The molecule has 3 heterocycles. The molecule has 180 valence electrons. The molecule has 4 aromatic rings. The Hall–Kier alpha value is -3.02. The summed E-state index contributed by atoms with van der Waals surface area (Å²) in [4.78, 5) is 33.7. The van der Waals surface area contributed by atoms with E-state index >= 15 is 0 Å². The van der Waals surface area contributed by atoms with Crippen LogP contribution in [0.15, 0.2) is 49.0 Å². The topological polar surface area (TPSA) is 161 Å². The van der Waals surface area contributed by atoms with Crippen molar-refractivity contribution in [1.82, 2.24) is 19.5 Å². The molecule has 1 aromatic carbocycles. The average Bonchev–Trinajstić information content (AvgIpc) is 3.34. The lowest BCUT2D eigenvalue weighted by Crippen LogP contribution is -2.13. The molecule has 0 amide bonds. The van der Waals surface area contributed by atoms with Gasteiger partial charge in [0.25, 0.3) is 5.56 Å². The van der Waals surface area contributed by atoms with Crippen molar-refractivity contribution in [2.75, 3.05) is 18.7 Å². The fourth-order valence-electron chi connectivity index (χ4n) is 2.96. The van der Waals surface area contributed by atoms with Crippen molar-refractivity contribution in [3.8, 4) is 0 Å². The van der Waals surface area contributed by atoms with E-state index in [4.69, 9.17) is 40.0 Å². The Balaban J connectivity index is 1.35. The molecule has 0 radical (unpaired) electrons. The maximum atomic E-state index is 11.9. The number of hydrogen-bond donors (Lipinski definition) is 2. The summed E-state index contributed by atoms with van der Waals surface area (Å²) in [6, 6.07) is 7.27. The number of hydrogen-bond acceptors (Lipinski definition) is 10. The number of aromatic amines is 1. The zero-order chi connectivity index (χ0) is 24.1. The van der Waals surface area contributed by atoms with Gasteiger partial charge in [-0.1, -0.05) is 23.7 Å². The second kappa shape index (κ2) is 10.9. The maximum Gasteiger partial charge on any atom is 0.519 e. The Bertz CT molecular complexity index is 1380. The van der Waals surface area contributed by atoms with Gasteiger partial charge >= 0.3 is 5.82 Å². The second-order valence-corrected chi connectivity index (χ2v) is 8.92. The van der Waals surface area contributed by atoms with Crippen LogP contribution in [0.5, 0.6) is 0 Å². The lowest BCUT2D eigenvalue weighted by molar-refractivity contribution is 0.136. The lowest BCUT2D eigenvalue weighted by Gasteiger charge is -2.17. The molecule has 3 N–H and O–H groups in total. The molecule has 0 bridgehead atoms. The van der Waals surface area contributed by atoms with E-state index in [0.29, 0.717) is 23.0 Å². The Morgan fingerprint density at radius 1 is 1.24 bits per heavy atom. The first-order chi connectivity index (χ1) is 16.4. The van der Waals surface area contributed by atoms with Crippen molar-refractivity contribution < 1.29 is 22.6 Å². The first-order valence-electron chi connectivity index (χ1n) is 10.0. The Kier molecular flexibility index (Phi) is 7.76. The van der Waals surface area contributed by atoms with Gasteiger partial charge in [-0.15, -0.1) is 0 Å². The fraction of sp³-hybridized carbons (Fsp3) is 0.300. The van der Waals surface area contributed by atoms with Crippen molar-refractivity contribution in [1.29, 1.82) is 0 Å². The molecule has 12 nitrogen and oxygen atoms in total. The van der Waals surface area contributed by atoms with Gasteiger partial charge < -0.3 is 32.9 Å². The highest BCUT2D eigenvalue weighted by molar-refractivity contribution is 7.46.